The van der Waals surface area contributed by atoms with Crippen molar-refractivity contribution in [1.82, 2.24) is 15.1 Å². The fourth-order valence-corrected chi connectivity index (χ4v) is 1.94. The highest BCUT2D eigenvalue weighted by atomic mass is 15.4. The molecule has 0 aliphatic carbocycles. The van der Waals surface area contributed by atoms with Crippen LogP contribution in [0.3, 0.4) is 0 Å². The first-order valence-corrected chi connectivity index (χ1v) is 5.17. The molecular weight excluding hydrogens is 164 g/mol. The summed E-state index contributed by atoms with van der Waals surface area (Å²) in [4.78, 5) is 9.31. The molecular formula is C9H18N4. The molecule has 4 nitrogen and oxygen atoms in total. The Kier molecular flexibility index (Phi) is 2.68. The zero-order chi connectivity index (χ0) is 9.10. The Morgan fingerprint density at radius 2 is 2.08 bits per heavy atom. The van der Waals surface area contributed by atoms with Crippen LogP contribution in [0, 0.1) is 0 Å². The molecule has 1 fully saturated rings. The number of likely N-dealkylation sites (N-methyl/N-ethyl adjacent to an activating group) is 1. The maximum absolute atomic E-state index is 4.55. The maximum Gasteiger partial charge on any atom is 0.196 e. The molecule has 74 valence electrons. The Morgan fingerprint density at radius 3 is 2.77 bits per heavy atom. The third-order valence-electron chi connectivity index (χ3n) is 2.69. The van der Waals surface area contributed by atoms with Crippen molar-refractivity contribution in [3.05, 3.63) is 0 Å². The fourth-order valence-electron chi connectivity index (χ4n) is 1.94. The van der Waals surface area contributed by atoms with Crippen LogP contribution in [-0.2, 0) is 0 Å². The van der Waals surface area contributed by atoms with Crippen LogP contribution in [0.4, 0.5) is 0 Å². The number of aliphatic imine (C=N–C) groups is 1. The lowest BCUT2D eigenvalue weighted by molar-refractivity contribution is 0.311. The minimum Gasteiger partial charge on any atom is -0.341 e. The largest absolute Gasteiger partial charge is 0.341 e. The van der Waals surface area contributed by atoms with Crippen molar-refractivity contribution in [1.29, 1.82) is 0 Å². The van der Waals surface area contributed by atoms with Gasteiger partial charge in [0.1, 0.15) is 0 Å². The molecule has 13 heavy (non-hydrogen) atoms. The summed E-state index contributed by atoms with van der Waals surface area (Å²) < 4.78 is 0. The second kappa shape index (κ2) is 3.96. The van der Waals surface area contributed by atoms with Crippen LogP contribution >= 0.6 is 0 Å². The second-order valence-electron chi connectivity index (χ2n) is 3.50. The topological polar surface area (TPSA) is 30.9 Å². The highest BCUT2D eigenvalue weighted by Gasteiger charge is 2.22. The van der Waals surface area contributed by atoms with Gasteiger partial charge in [0.2, 0.25) is 0 Å². The first-order chi connectivity index (χ1) is 6.42. The minimum absolute atomic E-state index is 0.979. The molecule has 2 rings (SSSR count). The number of rotatable bonds is 1. The molecule has 0 aromatic heterocycles. The number of nitrogens with one attached hydrogen (secondary N) is 1. The summed E-state index contributed by atoms with van der Waals surface area (Å²) in [6, 6.07) is 0. The number of piperazine rings is 1. The molecule has 0 atom stereocenters. The van der Waals surface area contributed by atoms with Crippen molar-refractivity contribution in [3.8, 4) is 0 Å². The van der Waals surface area contributed by atoms with E-state index in [1.807, 2.05) is 0 Å². The quantitative estimate of drug-likeness (QED) is 0.598. The summed E-state index contributed by atoms with van der Waals surface area (Å²) in [5.74, 6) is 1.23. The summed E-state index contributed by atoms with van der Waals surface area (Å²) in [5, 5.41) is 3.36. The zero-order valence-corrected chi connectivity index (χ0v) is 8.29. The van der Waals surface area contributed by atoms with E-state index in [0.29, 0.717) is 0 Å². The molecule has 0 spiro atoms. The van der Waals surface area contributed by atoms with E-state index in [1.54, 1.807) is 0 Å². The molecule has 1 N–H and O–H groups in total. The maximum atomic E-state index is 4.55. The molecule has 0 saturated carbocycles. The van der Waals surface area contributed by atoms with Crippen molar-refractivity contribution >= 4 is 5.96 Å². The van der Waals surface area contributed by atoms with Gasteiger partial charge in [-0.25, -0.2) is 0 Å². The van der Waals surface area contributed by atoms with Crippen molar-refractivity contribution in [2.75, 3.05) is 45.8 Å². The average molecular weight is 182 g/mol. The van der Waals surface area contributed by atoms with Crippen molar-refractivity contribution in [2.45, 2.75) is 6.92 Å². The third kappa shape index (κ3) is 1.77. The highest BCUT2D eigenvalue weighted by Crippen LogP contribution is 2.06. The van der Waals surface area contributed by atoms with Crippen LogP contribution in [0.25, 0.3) is 0 Å². The van der Waals surface area contributed by atoms with E-state index in [9.17, 15) is 0 Å². The average Bonchev–Trinajstić information content (AvgIpc) is 2.67. The van der Waals surface area contributed by atoms with E-state index in [-0.39, 0.29) is 0 Å². The van der Waals surface area contributed by atoms with Gasteiger partial charge < -0.3 is 15.1 Å². The van der Waals surface area contributed by atoms with E-state index in [4.69, 9.17) is 0 Å². The monoisotopic (exact) mass is 182 g/mol. The summed E-state index contributed by atoms with van der Waals surface area (Å²) in [6.07, 6.45) is 0. The number of nitrogens with zero attached hydrogens (tertiary/aromatic N) is 3. The van der Waals surface area contributed by atoms with E-state index >= 15 is 0 Å². The molecule has 2 aliphatic rings. The van der Waals surface area contributed by atoms with Crippen molar-refractivity contribution in [3.63, 3.8) is 0 Å². The van der Waals surface area contributed by atoms with Gasteiger partial charge in [-0.15, -0.1) is 0 Å². The molecule has 1 saturated heterocycles. The van der Waals surface area contributed by atoms with Gasteiger partial charge in [0, 0.05) is 39.3 Å². The van der Waals surface area contributed by atoms with Crippen LogP contribution in [0.5, 0.6) is 0 Å². The van der Waals surface area contributed by atoms with Gasteiger partial charge in [0.25, 0.3) is 0 Å². The summed E-state index contributed by atoms with van der Waals surface area (Å²) in [5.41, 5.74) is 0. The Hall–Kier alpha value is -0.770. The lowest BCUT2D eigenvalue weighted by atomic mass is 10.4. The number of hydrogen-bond acceptors (Lipinski definition) is 4. The van der Waals surface area contributed by atoms with E-state index in [2.05, 4.69) is 27.0 Å². The Bertz CT molecular complexity index is 196. The van der Waals surface area contributed by atoms with Crippen molar-refractivity contribution in [2.24, 2.45) is 4.99 Å². The third-order valence-corrected chi connectivity index (χ3v) is 2.69. The number of guanidine groups is 1. The Labute approximate surface area is 79.6 Å². The van der Waals surface area contributed by atoms with Gasteiger partial charge in [-0.1, -0.05) is 0 Å². The van der Waals surface area contributed by atoms with Crippen LogP contribution in [0.2, 0.25) is 0 Å². The number of hydrogen-bond donors (Lipinski definition) is 1. The minimum atomic E-state index is 0.979. The molecule has 2 heterocycles. The Balaban J connectivity index is 1.97. The molecule has 4 heteroatoms. The standard InChI is InChI=1S/C9H18N4/c1-2-12-8-5-11-9(12)13-6-3-10-4-7-13/h10H,2-8H2,1H3. The molecule has 0 bridgehead atoms. The zero-order valence-electron chi connectivity index (χ0n) is 8.29. The predicted octanol–water partition coefficient (Wildman–Crippen LogP) is -0.417. The smallest absolute Gasteiger partial charge is 0.196 e. The summed E-state index contributed by atoms with van der Waals surface area (Å²) in [7, 11) is 0. The lowest BCUT2D eigenvalue weighted by Crippen LogP contribution is -2.50. The van der Waals surface area contributed by atoms with Gasteiger partial charge >= 0.3 is 0 Å². The van der Waals surface area contributed by atoms with E-state index in [0.717, 1.165) is 45.8 Å². The Morgan fingerprint density at radius 1 is 1.31 bits per heavy atom. The van der Waals surface area contributed by atoms with Gasteiger partial charge in [0.15, 0.2) is 5.96 Å². The fraction of sp³-hybridized carbons (Fsp3) is 0.889. The van der Waals surface area contributed by atoms with Crippen LogP contribution < -0.4 is 5.32 Å². The first kappa shape index (κ1) is 8.81. The highest BCUT2D eigenvalue weighted by molar-refractivity contribution is 5.81. The van der Waals surface area contributed by atoms with Crippen LogP contribution in [0.15, 0.2) is 4.99 Å². The van der Waals surface area contributed by atoms with Gasteiger partial charge in [-0.2, -0.15) is 0 Å². The van der Waals surface area contributed by atoms with Gasteiger partial charge in [0.05, 0.1) is 6.54 Å². The normalized spacial score (nSPS) is 23.6. The molecule has 2 aliphatic heterocycles. The molecule has 0 amide bonds. The SMILES string of the molecule is CCN1CCN=C1N1CCNCC1. The molecule has 0 unspecified atom stereocenters. The van der Waals surface area contributed by atoms with Crippen LogP contribution in [-0.4, -0.2) is 61.6 Å². The lowest BCUT2D eigenvalue weighted by Gasteiger charge is -2.33. The molecule has 0 aromatic carbocycles. The molecule has 0 radical (unpaired) electrons. The van der Waals surface area contributed by atoms with E-state index in [1.165, 1.54) is 5.96 Å². The van der Waals surface area contributed by atoms with Gasteiger partial charge in [-0.3, -0.25) is 4.99 Å². The second-order valence-corrected chi connectivity index (χ2v) is 3.50. The predicted molar refractivity (Wildman–Crippen MR) is 54.0 cm³/mol. The summed E-state index contributed by atoms with van der Waals surface area (Å²) in [6.45, 7) is 9.77. The van der Waals surface area contributed by atoms with Crippen LogP contribution in [0.1, 0.15) is 6.92 Å². The molecule has 0 aromatic rings. The first-order valence-electron chi connectivity index (χ1n) is 5.17. The summed E-state index contributed by atoms with van der Waals surface area (Å²) >= 11 is 0. The van der Waals surface area contributed by atoms with E-state index < -0.39 is 0 Å². The van der Waals surface area contributed by atoms with Crippen molar-refractivity contribution < 1.29 is 0 Å². The van der Waals surface area contributed by atoms with Gasteiger partial charge in [-0.05, 0) is 6.92 Å².